The van der Waals surface area contributed by atoms with Gasteiger partial charge in [0, 0.05) is 21.8 Å². The number of imidazole rings is 1. The van der Waals surface area contributed by atoms with Crippen molar-refractivity contribution in [2.24, 2.45) is 5.41 Å². The van der Waals surface area contributed by atoms with Crippen LogP contribution >= 0.6 is 0 Å². The topological polar surface area (TPSA) is 8.29 Å². The summed E-state index contributed by atoms with van der Waals surface area (Å²) in [7, 11) is 0. The molecule has 1 aliphatic rings. The smallest absolute Gasteiger partial charge is 0.219 e. The van der Waals surface area contributed by atoms with Crippen LogP contribution in [0.2, 0.25) is 0 Å². The van der Waals surface area contributed by atoms with Crippen LogP contribution in [0.25, 0.3) is 38.6 Å². The third kappa shape index (κ3) is 3.36. The van der Waals surface area contributed by atoms with Crippen LogP contribution in [0.15, 0.2) is 73.4 Å². The second-order valence-corrected chi connectivity index (χ2v) is 13.3. The molecule has 0 N–H and O–H groups in total. The molecule has 0 aliphatic carbocycles. The number of rotatable bonds is 5. The first-order chi connectivity index (χ1) is 18.5. The fourth-order valence-corrected chi connectivity index (χ4v) is 7.86. The van der Waals surface area contributed by atoms with Gasteiger partial charge in [0.2, 0.25) is 0 Å². The van der Waals surface area contributed by atoms with E-state index in [0.717, 1.165) is 19.3 Å². The van der Waals surface area contributed by atoms with Crippen molar-refractivity contribution in [2.75, 3.05) is 0 Å². The predicted octanol–water partition coefficient (Wildman–Crippen LogP) is 9.38. The average molecular weight is 516 g/mol. The van der Waals surface area contributed by atoms with Gasteiger partial charge in [-0.1, -0.05) is 90.6 Å². The summed E-state index contributed by atoms with van der Waals surface area (Å²) in [6.07, 6.45) is 7.76. The summed E-state index contributed by atoms with van der Waals surface area (Å²) in [6, 6.07) is 20.9. The number of hydrogen-bond donors (Lipinski definition) is 0. The maximum atomic E-state index is 4.49. The maximum absolute atomic E-state index is 4.49. The van der Waals surface area contributed by atoms with Gasteiger partial charge in [-0.25, -0.2) is 4.57 Å². The molecule has 39 heavy (non-hydrogen) atoms. The fourth-order valence-electron chi connectivity index (χ4n) is 7.86. The lowest BCUT2D eigenvalue weighted by molar-refractivity contribution is -0.740. The van der Waals surface area contributed by atoms with Crippen molar-refractivity contribution in [1.82, 2.24) is 4.40 Å². The number of fused-ring (bicyclic) bond motifs is 3. The minimum Gasteiger partial charge on any atom is -0.219 e. The number of aryl methyl sites for hydroxylation is 2. The first-order valence-corrected chi connectivity index (χ1v) is 14.7. The summed E-state index contributed by atoms with van der Waals surface area (Å²) in [5.74, 6) is 0. The lowest BCUT2D eigenvalue weighted by Gasteiger charge is -2.47. The Morgan fingerprint density at radius 3 is 2.23 bits per heavy atom. The van der Waals surface area contributed by atoms with E-state index in [1.165, 1.54) is 60.8 Å². The van der Waals surface area contributed by atoms with Gasteiger partial charge in [0.25, 0.3) is 5.65 Å². The molecule has 1 aliphatic heterocycles. The van der Waals surface area contributed by atoms with Gasteiger partial charge in [-0.3, -0.25) is 0 Å². The molecular weight excluding hydrogens is 472 g/mol. The van der Waals surface area contributed by atoms with Crippen LogP contribution in [0.4, 0.5) is 0 Å². The summed E-state index contributed by atoms with van der Waals surface area (Å²) in [6.45, 7) is 23.1. The van der Waals surface area contributed by atoms with Crippen molar-refractivity contribution in [3.05, 3.63) is 95.7 Å². The molecule has 2 atom stereocenters. The van der Waals surface area contributed by atoms with E-state index < -0.39 is 0 Å². The van der Waals surface area contributed by atoms with Crippen LogP contribution < -0.4 is 4.57 Å². The Morgan fingerprint density at radius 2 is 1.62 bits per heavy atom. The molecule has 3 heterocycles. The number of aromatic nitrogens is 2. The zero-order chi connectivity index (χ0) is 27.9. The van der Waals surface area contributed by atoms with Crippen LogP contribution in [-0.4, -0.2) is 4.40 Å². The van der Waals surface area contributed by atoms with Gasteiger partial charge in [0.1, 0.15) is 17.3 Å². The molecule has 0 spiro atoms. The van der Waals surface area contributed by atoms with Crippen molar-refractivity contribution >= 4 is 27.3 Å². The van der Waals surface area contributed by atoms with E-state index in [9.17, 15) is 0 Å². The van der Waals surface area contributed by atoms with Crippen LogP contribution in [0.5, 0.6) is 0 Å². The van der Waals surface area contributed by atoms with Gasteiger partial charge in [0.15, 0.2) is 5.69 Å². The largest absolute Gasteiger partial charge is 0.296 e. The first-order valence-electron chi connectivity index (χ1n) is 14.7. The third-order valence-electron chi connectivity index (χ3n) is 9.85. The van der Waals surface area contributed by atoms with Crippen molar-refractivity contribution in [3.8, 4) is 11.3 Å². The van der Waals surface area contributed by atoms with E-state index in [0.29, 0.717) is 0 Å². The van der Waals surface area contributed by atoms with Crippen LogP contribution in [0, 0.1) is 19.3 Å². The molecule has 0 radical (unpaired) electrons. The first kappa shape index (κ1) is 25.9. The highest BCUT2D eigenvalue weighted by atomic mass is 15.2. The highest BCUT2D eigenvalue weighted by Crippen LogP contribution is 2.51. The normalized spacial score (nSPS) is 20.9. The molecule has 5 aromatic rings. The second-order valence-electron chi connectivity index (χ2n) is 13.3. The monoisotopic (exact) mass is 515 g/mol. The summed E-state index contributed by atoms with van der Waals surface area (Å²) in [5, 5.41) is 4.10. The van der Waals surface area contributed by atoms with E-state index >= 15 is 0 Å². The molecule has 2 heteroatoms. The molecule has 3 aromatic carbocycles. The standard InChI is InChI=1S/C37H43N2/c1-10-36(9)29-18-14-17-27-28-21-26(22-35(6,7)8)19-20-30(28)39-31(32-24(4)15-13-16-25(32)5)23-38(34(39)33(27)29)37(36,11-2)12-3/h11,13-21,23H,2,10,12,22H2,1,3-9H3/q+1. The van der Waals surface area contributed by atoms with Crippen molar-refractivity contribution < 1.29 is 4.57 Å². The number of nitrogens with zero attached hydrogens (tertiary/aromatic N) is 2. The Labute approximate surface area is 234 Å². The molecule has 0 amide bonds. The highest BCUT2D eigenvalue weighted by molar-refractivity contribution is 6.13. The average Bonchev–Trinajstić information content (AvgIpc) is 3.29. The summed E-state index contributed by atoms with van der Waals surface area (Å²) >= 11 is 0. The minimum absolute atomic E-state index is 0.0860. The Kier molecular flexibility index (Phi) is 5.67. The summed E-state index contributed by atoms with van der Waals surface area (Å²) in [4.78, 5) is 0. The van der Waals surface area contributed by atoms with Gasteiger partial charge in [0.05, 0.1) is 5.39 Å². The van der Waals surface area contributed by atoms with Crippen molar-refractivity contribution in [3.63, 3.8) is 0 Å². The number of benzene rings is 3. The maximum Gasteiger partial charge on any atom is 0.296 e. The second kappa shape index (κ2) is 8.55. The van der Waals surface area contributed by atoms with Crippen molar-refractivity contribution in [2.45, 2.75) is 85.6 Å². The van der Waals surface area contributed by atoms with Gasteiger partial charge in [-0.05, 0) is 79.0 Å². The molecule has 0 saturated heterocycles. The highest BCUT2D eigenvalue weighted by Gasteiger charge is 2.55. The Hall–Kier alpha value is -3.39. The summed E-state index contributed by atoms with van der Waals surface area (Å²) < 4.78 is 5.17. The number of pyridine rings is 1. The van der Waals surface area contributed by atoms with E-state index in [2.05, 4.69) is 138 Å². The predicted molar refractivity (Wildman–Crippen MR) is 167 cm³/mol. The Balaban J connectivity index is 1.91. The zero-order valence-corrected chi connectivity index (χ0v) is 25.1. The van der Waals surface area contributed by atoms with Gasteiger partial charge < -0.3 is 0 Å². The Bertz CT molecular complexity index is 1770. The molecule has 0 saturated carbocycles. The summed E-state index contributed by atoms with van der Waals surface area (Å²) in [5.41, 5.74) is 10.6. The number of allylic oxidation sites excluding steroid dienone is 1. The van der Waals surface area contributed by atoms with Crippen LogP contribution in [0.1, 0.15) is 76.6 Å². The molecule has 0 fully saturated rings. The van der Waals surface area contributed by atoms with Gasteiger partial charge in [-0.2, -0.15) is 4.40 Å². The molecule has 0 bridgehead atoms. The van der Waals surface area contributed by atoms with E-state index in [4.69, 9.17) is 0 Å². The van der Waals surface area contributed by atoms with E-state index in [1.54, 1.807) is 0 Å². The lowest BCUT2D eigenvalue weighted by atomic mass is 9.61. The third-order valence-corrected chi connectivity index (χ3v) is 9.85. The van der Waals surface area contributed by atoms with E-state index in [-0.39, 0.29) is 16.4 Å². The Morgan fingerprint density at radius 1 is 0.923 bits per heavy atom. The SMILES string of the molecule is C=CC1(CC)[n+]2cc(-c3c(C)cccc3C)n3c4ccc(CC(C)(C)C)cc4c4cccc(c4c32)C1(C)CC. The molecule has 2 aromatic heterocycles. The van der Waals surface area contributed by atoms with Crippen LogP contribution in [-0.2, 0) is 17.4 Å². The van der Waals surface area contributed by atoms with Gasteiger partial charge >= 0.3 is 0 Å². The number of hydrogen-bond acceptors (Lipinski definition) is 0. The van der Waals surface area contributed by atoms with E-state index in [1.807, 2.05) is 0 Å². The van der Waals surface area contributed by atoms with Crippen molar-refractivity contribution in [1.29, 1.82) is 0 Å². The quantitative estimate of drug-likeness (QED) is 0.125. The fraction of sp³-hybridized carbons (Fsp3) is 0.378. The molecular formula is C37H43N2+. The molecule has 2 unspecified atom stereocenters. The molecule has 6 rings (SSSR count). The molecule has 200 valence electrons. The minimum atomic E-state index is -0.233. The molecule has 2 nitrogen and oxygen atoms in total. The van der Waals surface area contributed by atoms with Gasteiger partial charge in [-0.15, -0.1) is 0 Å². The lowest BCUT2D eigenvalue weighted by Crippen LogP contribution is -2.66. The zero-order valence-electron chi connectivity index (χ0n) is 25.1. The van der Waals surface area contributed by atoms with Crippen LogP contribution in [0.3, 0.4) is 0 Å².